The van der Waals surface area contributed by atoms with Gasteiger partial charge in [-0.1, -0.05) is 51.1 Å². The fourth-order valence-corrected chi connectivity index (χ4v) is 2.43. The Morgan fingerprint density at radius 2 is 1.36 bits per heavy atom. The Morgan fingerprint density at radius 3 is 1.86 bits per heavy atom. The van der Waals surface area contributed by atoms with Gasteiger partial charge < -0.3 is 15.2 Å². The van der Waals surface area contributed by atoms with Gasteiger partial charge in [0.15, 0.2) is 11.5 Å². The van der Waals surface area contributed by atoms with Gasteiger partial charge in [-0.3, -0.25) is 0 Å². The maximum Gasteiger partial charge on any atom is 0.161 e. The minimum atomic E-state index is -0.186. The van der Waals surface area contributed by atoms with Gasteiger partial charge in [-0.25, -0.2) is 0 Å². The van der Waals surface area contributed by atoms with E-state index in [1.807, 2.05) is 18.2 Å². The summed E-state index contributed by atoms with van der Waals surface area (Å²) in [6.07, 6.45) is 0. The summed E-state index contributed by atoms with van der Waals surface area (Å²) >= 11 is 0. The molecule has 0 aliphatic rings. The van der Waals surface area contributed by atoms with Crippen LogP contribution in [0.25, 0.3) is 0 Å². The molecule has 0 aliphatic carbocycles. The number of rotatable bonds is 4. The average molecular weight is 299 g/mol. The molecular formula is C19H25NO2. The second-order valence-corrected chi connectivity index (χ2v) is 6.46. The first-order chi connectivity index (χ1) is 10.4. The maximum absolute atomic E-state index is 6.39. The minimum Gasteiger partial charge on any atom is -0.493 e. The first-order valence-corrected chi connectivity index (χ1v) is 7.44. The highest BCUT2D eigenvalue weighted by atomic mass is 16.5. The van der Waals surface area contributed by atoms with Crippen molar-refractivity contribution >= 4 is 0 Å². The van der Waals surface area contributed by atoms with E-state index in [4.69, 9.17) is 15.2 Å². The molecule has 3 heteroatoms. The van der Waals surface area contributed by atoms with Crippen LogP contribution >= 0.6 is 0 Å². The molecule has 0 bridgehead atoms. The quantitative estimate of drug-likeness (QED) is 0.926. The lowest BCUT2D eigenvalue weighted by molar-refractivity contribution is 0.354. The van der Waals surface area contributed by atoms with Crippen LogP contribution in [0.3, 0.4) is 0 Å². The lowest BCUT2D eigenvalue weighted by Gasteiger charge is -2.20. The molecule has 0 saturated carbocycles. The van der Waals surface area contributed by atoms with E-state index < -0.39 is 0 Å². The number of methoxy groups -OCH3 is 2. The van der Waals surface area contributed by atoms with Gasteiger partial charge in [0.05, 0.1) is 20.3 Å². The highest BCUT2D eigenvalue weighted by molar-refractivity contribution is 5.46. The van der Waals surface area contributed by atoms with E-state index in [1.54, 1.807) is 14.2 Å². The first-order valence-electron chi connectivity index (χ1n) is 7.44. The van der Waals surface area contributed by atoms with Gasteiger partial charge >= 0.3 is 0 Å². The summed E-state index contributed by atoms with van der Waals surface area (Å²) in [6, 6.07) is 14.1. The molecule has 0 saturated heterocycles. The van der Waals surface area contributed by atoms with E-state index in [1.165, 1.54) is 5.56 Å². The largest absolute Gasteiger partial charge is 0.493 e. The molecule has 2 rings (SSSR count). The van der Waals surface area contributed by atoms with Crippen molar-refractivity contribution in [1.29, 1.82) is 0 Å². The van der Waals surface area contributed by atoms with Crippen LogP contribution in [-0.2, 0) is 5.41 Å². The number of hydrogen-bond acceptors (Lipinski definition) is 3. The molecule has 2 N–H and O–H groups in total. The summed E-state index contributed by atoms with van der Waals surface area (Å²) in [5, 5.41) is 0. The molecule has 0 aromatic heterocycles. The highest BCUT2D eigenvalue weighted by Gasteiger charge is 2.16. The van der Waals surface area contributed by atoms with Gasteiger partial charge in [-0.2, -0.15) is 0 Å². The number of benzene rings is 2. The van der Waals surface area contributed by atoms with Crippen LogP contribution in [0.2, 0.25) is 0 Å². The molecule has 0 heterocycles. The molecule has 0 spiro atoms. The Labute approximate surface area is 133 Å². The van der Waals surface area contributed by atoms with E-state index in [-0.39, 0.29) is 11.5 Å². The molecule has 0 radical (unpaired) electrons. The van der Waals surface area contributed by atoms with Crippen molar-refractivity contribution in [2.24, 2.45) is 5.73 Å². The van der Waals surface area contributed by atoms with Gasteiger partial charge in [0, 0.05) is 0 Å². The summed E-state index contributed by atoms with van der Waals surface area (Å²) in [4.78, 5) is 0. The Balaban J connectivity index is 2.30. The Bertz CT molecular complexity index is 627. The summed E-state index contributed by atoms with van der Waals surface area (Å²) in [7, 11) is 3.26. The first kappa shape index (κ1) is 16.4. The van der Waals surface area contributed by atoms with Crippen molar-refractivity contribution < 1.29 is 9.47 Å². The molecule has 2 aromatic rings. The topological polar surface area (TPSA) is 44.5 Å². The van der Waals surface area contributed by atoms with E-state index >= 15 is 0 Å². The summed E-state index contributed by atoms with van der Waals surface area (Å²) in [6.45, 7) is 6.61. The van der Waals surface area contributed by atoms with Gasteiger partial charge in [0.1, 0.15) is 0 Å². The zero-order valence-electron chi connectivity index (χ0n) is 14.0. The SMILES string of the molecule is COc1ccc(C(N)c2ccc(C(C)(C)C)cc2)cc1OC. The Kier molecular flexibility index (Phi) is 4.77. The van der Waals surface area contributed by atoms with E-state index in [0.717, 1.165) is 11.1 Å². The lowest BCUT2D eigenvalue weighted by Crippen LogP contribution is -2.14. The van der Waals surface area contributed by atoms with Gasteiger partial charge in [0.25, 0.3) is 0 Å². The van der Waals surface area contributed by atoms with Crippen LogP contribution in [0.4, 0.5) is 0 Å². The van der Waals surface area contributed by atoms with Crippen molar-refractivity contribution in [2.45, 2.75) is 32.2 Å². The second-order valence-electron chi connectivity index (χ2n) is 6.46. The van der Waals surface area contributed by atoms with Crippen molar-refractivity contribution in [3.63, 3.8) is 0 Å². The molecule has 2 aromatic carbocycles. The zero-order valence-corrected chi connectivity index (χ0v) is 14.0. The van der Waals surface area contributed by atoms with Crippen molar-refractivity contribution in [1.82, 2.24) is 0 Å². The van der Waals surface area contributed by atoms with E-state index in [0.29, 0.717) is 11.5 Å². The third-order valence-corrected chi connectivity index (χ3v) is 3.90. The molecule has 0 amide bonds. The van der Waals surface area contributed by atoms with E-state index in [9.17, 15) is 0 Å². The average Bonchev–Trinajstić information content (AvgIpc) is 2.52. The third kappa shape index (κ3) is 3.42. The Hall–Kier alpha value is -2.00. The summed E-state index contributed by atoms with van der Waals surface area (Å²) in [5.41, 5.74) is 9.93. The third-order valence-electron chi connectivity index (χ3n) is 3.90. The highest BCUT2D eigenvalue weighted by Crippen LogP contribution is 2.32. The normalized spacial score (nSPS) is 12.8. The molecule has 0 aliphatic heterocycles. The van der Waals surface area contributed by atoms with Crippen LogP contribution in [0, 0.1) is 0 Å². The fraction of sp³-hybridized carbons (Fsp3) is 0.368. The van der Waals surface area contributed by atoms with Crippen LogP contribution in [0.5, 0.6) is 11.5 Å². The molecule has 0 fully saturated rings. The smallest absolute Gasteiger partial charge is 0.161 e. The summed E-state index contributed by atoms with van der Waals surface area (Å²) in [5.74, 6) is 1.41. The van der Waals surface area contributed by atoms with Crippen molar-refractivity contribution in [3.8, 4) is 11.5 Å². The number of ether oxygens (including phenoxy) is 2. The minimum absolute atomic E-state index is 0.145. The molecule has 1 unspecified atom stereocenters. The maximum atomic E-state index is 6.39. The van der Waals surface area contributed by atoms with Gasteiger partial charge in [-0.05, 0) is 34.2 Å². The predicted octanol–water partition coefficient (Wildman–Crippen LogP) is 4.05. The lowest BCUT2D eigenvalue weighted by atomic mass is 9.86. The number of nitrogens with two attached hydrogens (primary N) is 1. The van der Waals surface area contributed by atoms with Gasteiger partial charge in [0.2, 0.25) is 0 Å². The molecule has 118 valence electrons. The van der Waals surface area contributed by atoms with Crippen LogP contribution in [0.15, 0.2) is 42.5 Å². The van der Waals surface area contributed by atoms with Gasteiger partial charge in [-0.15, -0.1) is 0 Å². The molecule has 1 atom stereocenters. The zero-order chi connectivity index (χ0) is 16.3. The molecular weight excluding hydrogens is 274 g/mol. The second kappa shape index (κ2) is 6.41. The monoisotopic (exact) mass is 299 g/mol. The van der Waals surface area contributed by atoms with Crippen molar-refractivity contribution in [2.75, 3.05) is 14.2 Å². The van der Waals surface area contributed by atoms with Crippen LogP contribution in [0.1, 0.15) is 43.5 Å². The van der Waals surface area contributed by atoms with Crippen LogP contribution < -0.4 is 15.2 Å². The van der Waals surface area contributed by atoms with E-state index in [2.05, 4.69) is 45.0 Å². The van der Waals surface area contributed by atoms with Crippen molar-refractivity contribution in [3.05, 3.63) is 59.2 Å². The predicted molar refractivity (Wildman–Crippen MR) is 90.7 cm³/mol. The fourth-order valence-electron chi connectivity index (χ4n) is 2.43. The standard InChI is InChI=1S/C19H25NO2/c1-19(2,3)15-9-6-13(7-10-15)18(20)14-8-11-16(21-4)17(12-14)22-5/h6-12,18H,20H2,1-5H3. The van der Waals surface area contributed by atoms with Crippen LogP contribution in [-0.4, -0.2) is 14.2 Å². The molecule has 3 nitrogen and oxygen atoms in total. The summed E-state index contributed by atoms with van der Waals surface area (Å²) < 4.78 is 10.6. The molecule has 22 heavy (non-hydrogen) atoms. The Morgan fingerprint density at radius 1 is 0.818 bits per heavy atom. The number of hydrogen-bond donors (Lipinski definition) is 1.